The molecule has 0 fully saturated rings. The summed E-state index contributed by atoms with van der Waals surface area (Å²) in [5, 5.41) is 3.29. The summed E-state index contributed by atoms with van der Waals surface area (Å²) in [4.78, 5) is 1.40. The van der Waals surface area contributed by atoms with Gasteiger partial charge < -0.3 is 5.32 Å². The van der Waals surface area contributed by atoms with Gasteiger partial charge in [0.15, 0.2) is 0 Å². The molecule has 0 amide bonds. The second-order valence-corrected chi connectivity index (χ2v) is 10.2. The normalized spacial score (nSPS) is 13.8. The first-order valence-electron chi connectivity index (χ1n) is 6.80. The molecular weight excluding hydrogens is 392 g/mol. The molecule has 0 aliphatic rings. The van der Waals surface area contributed by atoms with Crippen molar-refractivity contribution < 1.29 is 8.42 Å². The molecule has 0 aliphatic carbocycles. The molecule has 1 rings (SSSR count). The summed E-state index contributed by atoms with van der Waals surface area (Å²) in [5.74, 6) is 0.780. The highest BCUT2D eigenvalue weighted by atomic mass is 79.9. The lowest BCUT2D eigenvalue weighted by atomic mass is 10.4. The maximum Gasteiger partial charge on any atom is 0.245 e. The highest BCUT2D eigenvalue weighted by Gasteiger charge is 2.28. The van der Waals surface area contributed by atoms with Crippen molar-refractivity contribution in [1.29, 1.82) is 0 Å². The van der Waals surface area contributed by atoms with Gasteiger partial charge in [-0.25, -0.2) is 8.42 Å². The van der Waals surface area contributed by atoms with Crippen molar-refractivity contribution in [3.05, 3.63) is 14.7 Å². The molecule has 0 radical (unpaired) electrons. The first-order chi connectivity index (χ1) is 9.84. The number of rotatable bonds is 9. The van der Waals surface area contributed by atoms with Crippen LogP contribution in [0.4, 0.5) is 0 Å². The number of hydrogen-bond acceptors (Lipinski definition) is 5. The van der Waals surface area contributed by atoms with E-state index in [4.69, 9.17) is 0 Å². The van der Waals surface area contributed by atoms with Crippen molar-refractivity contribution in [2.45, 2.75) is 37.8 Å². The molecule has 21 heavy (non-hydrogen) atoms. The molecule has 8 heteroatoms. The SMILES string of the molecule is CCCNCc1cc(S(=O)(=O)N(C)C(C)CSC)c(Br)s1. The average Bonchev–Trinajstić information content (AvgIpc) is 2.80. The number of thiophene rings is 1. The molecular formula is C13H23BrN2O2S3. The zero-order valence-corrected chi connectivity index (χ0v) is 16.9. The van der Waals surface area contributed by atoms with E-state index in [-0.39, 0.29) is 6.04 Å². The van der Waals surface area contributed by atoms with Crippen LogP contribution in [0.5, 0.6) is 0 Å². The van der Waals surface area contributed by atoms with E-state index < -0.39 is 10.0 Å². The highest BCUT2D eigenvalue weighted by molar-refractivity contribution is 9.11. The highest BCUT2D eigenvalue weighted by Crippen LogP contribution is 2.33. The van der Waals surface area contributed by atoms with Crippen molar-refractivity contribution in [1.82, 2.24) is 9.62 Å². The lowest BCUT2D eigenvalue weighted by molar-refractivity contribution is 0.415. The van der Waals surface area contributed by atoms with Gasteiger partial charge in [-0.05, 0) is 48.1 Å². The van der Waals surface area contributed by atoms with Crippen molar-refractivity contribution in [2.24, 2.45) is 0 Å². The lowest BCUT2D eigenvalue weighted by Crippen LogP contribution is -2.36. The number of nitrogens with one attached hydrogen (secondary N) is 1. The molecule has 1 aromatic heterocycles. The minimum Gasteiger partial charge on any atom is -0.312 e. The van der Waals surface area contributed by atoms with Gasteiger partial charge >= 0.3 is 0 Å². The molecule has 4 nitrogen and oxygen atoms in total. The Bertz CT molecular complexity index is 546. The second kappa shape index (κ2) is 8.88. The molecule has 1 heterocycles. The Morgan fingerprint density at radius 1 is 1.52 bits per heavy atom. The molecule has 122 valence electrons. The lowest BCUT2D eigenvalue weighted by Gasteiger charge is -2.23. The van der Waals surface area contributed by atoms with Crippen LogP contribution in [0.3, 0.4) is 0 Å². The average molecular weight is 415 g/mol. The summed E-state index contributed by atoms with van der Waals surface area (Å²) in [7, 11) is -1.80. The van der Waals surface area contributed by atoms with Crippen molar-refractivity contribution in [3.63, 3.8) is 0 Å². The number of nitrogens with zero attached hydrogens (tertiary/aromatic N) is 1. The summed E-state index contributed by atoms with van der Waals surface area (Å²) in [6.45, 7) is 5.67. The molecule has 0 aliphatic heterocycles. The maximum absolute atomic E-state index is 12.7. The van der Waals surface area contributed by atoms with Gasteiger partial charge in [0.25, 0.3) is 0 Å². The Morgan fingerprint density at radius 3 is 2.76 bits per heavy atom. The van der Waals surface area contributed by atoms with Gasteiger partial charge in [0.1, 0.15) is 4.90 Å². The quantitative estimate of drug-likeness (QED) is 0.629. The van der Waals surface area contributed by atoms with Crippen LogP contribution in [-0.2, 0) is 16.6 Å². The third-order valence-electron chi connectivity index (χ3n) is 3.12. The first-order valence-corrected chi connectivity index (χ1v) is 11.2. The van der Waals surface area contributed by atoms with Gasteiger partial charge in [0.2, 0.25) is 10.0 Å². The Hall–Kier alpha value is 0.400. The minimum absolute atomic E-state index is 0.0292. The van der Waals surface area contributed by atoms with Crippen LogP contribution in [-0.4, -0.2) is 44.4 Å². The third-order valence-corrected chi connectivity index (χ3v) is 8.16. The predicted molar refractivity (Wildman–Crippen MR) is 96.8 cm³/mol. The van der Waals surface area contributed by atoms with Crippen LogP contribution in [0, 0.1) is 0 Å². The van der Waals surface area contributed by atoms with Crippen LogP contribution in [0.15, 0.2) is 14.7 Å². The molecule has 1 N–H and O–H groups in total. The summed E-state index contributed by atoms with van der Waals surface area (Å²) in [5.41, 5.74) is 0. The zero-order valence-electron chi connectivity index (χ0n) is 12.8. The predicted octanol–water partition coefficient (Wildman–Crippen LogP) is 3.38. The molecule has 1 unspecified atom stereocenters. The molecule has 0 saturated heterocycles. The maximum atomic E-state index is 12.7. The minimum atomic E-state index is -3.45. The summed E-state index contributed by atoms with van der Waals surface area (Å²) >= 11 is 6.52. The van der Waals surface area contributed by atoms with Crippen molar-refractivity contribution >= 4 is 49.1 Å². The van der Waals surface area contributed by atoms with E-state index in [0.29, 0.717) is 15.2 Å². The largest absolute Gasteiger partial charge is 0.312 e. The second-order valence-electron chi connectivity index (χ2n) is 4.85. The van der Waals surface area contributed by atoms with Gasteiger partial charge in [-0.3, -0.25) is 0 Å². The van der Waals surface area contributed by atoms with E-state index in [1.807, 2.05) is 13.2 Å². The van der Waals surface area contributed by atoms with Gasteiger partial charge in [-0.2, -0.15) is 16.1 Å². The van der Waals surface area contributed by atoms with E-state index in [1.54, 1.807) is 24.9 Å². The molecule has 0 spiro atoms. The Balaban J connectivity index is 2.92. The van der Waals surface area contributed by atoms with E-state index in [9.17, 15) is 8.42 Å². The smallest absolute Gasteiger partial charge is 0.245 e. The van der Waals surface area contributed by atoms with Gasteiger partial charge in [-0.15, -0.1) is 11.3 Å². The van der Waals surface area contributed by atoms with E-state index in [2.05, 4.69) is 28.2 Å². The summed E-state index contributed by atoms with van der Waals surface area (Å²) in [6, 6.07) is 1.74. The summed E-state index contributed by atoms with van der Waals surface area (Å²) < 4.78 is 27.5. The molecule has 1 aromatic rings. The number of hydrogen-bond donors (Lipinski definition) is 1. The Labute approximate surface area is 144 Å². The molecule has 0 saturated carbocycles. The zero-order chi connectivity index (χ0) is 16.0. The fraction of sp³-hybridized carbons (Fsp3) is 0.692. The molecule has 1 atom stereocenters. The Kier molecular flexibility index (Phi) is 8.23. The van der Waals surface area contributed by atoms with Gasteiger partial charge in [-0.1, -0.05) is 6.92 Å². The Morgan fingerprint density at radius 2 is 2.19 bits per heavy atom. The first kappa shape index (κ1) is 19.4. The third kappa shape index (κ3) is 5.21. The monoisotopic (exact) mass is 414 g/mol. The van der Waals surface area contributed by atoms with Crippen LogP contribution < -0.4 is 5.32 Å². The fourth-order valence-corrected chi connectivity index (χ4v) is 6.55. The van der Waals surface area contributed by atoms with E-state index in [1.165, 1.54) is 15.6 Å². The van der Waals surface area contributed by atoms with Crippen LogP contribution in [0.2, 0.25) is 0 Å². The van der Waals surface area contributed by atoms with Gasteiger partial charge in [0.05, 0.1) is 3.79 Å². The fourth-order valence-electron chi connectivity index (χ4n) is 1.79. The van der Waals surface area contributed by atoms with Gasteiger partial charge in [0, 0.05) is 30.3 Å². The number of sulfonamides is 1. The molecule has 0 bridgehead atoms. The number of thioether (sulfide) groups is 1. The standard InChI is InChI=1S/C13H23BrN2O2S3/c1-5-6-15-8-11-7-12(13(14)20-11)21(17,18)16(3)10(2)9-19-4/h7,10,15H,5-6,8-9H2,1-4H3. The molecule has 0 aromatic carbocycles. The van der Waals surface area contributed by atoms with Crippen LogP contribution in [0.25, 0.3) is 0 Å². The van der Waals surface area contributed by atoms with E-state index in [0.717, 1.165) is 23.6 Å². The van der Waals surface area contributed by atoms with Crippen molar-refractivity contribution in [3.8, 4) is 0 Å². The topological polar surface area (TPSA) is 49.4 Å². The number of halogens is 1. The van der Waals surface area contributed by atoms with Crippen LogP contribution >= 0.6 is 39.0 Å². The van der Waals surface area contributed by atoms with E-state index >= 15 is 0 Å². The van der Waals surface area contributed by atoms with Crippen molar-refractivity contribution in [2.75, 3.05) is 25.6 Å². The summed E-state index contributed by atoms with van der Waals surface area (Å²) in [6.07, 6.45) is 3.04. The van der Waals surface area contributed by atoms with Crippen LogP contribution in [0.1, 0.15) is 25.1 Å².